The molecule has 2 aliphatic carbocycles. The van der Waals surface area contributed by atoms with Crippen molar-refractivity contribution in [3.63, 3.8) is 0 Å². The van der Waals surface area contributed by atoms with Gasteiger partial charge in [0.25, 0.3) is 0 Å². The number of carbonyl (C=O) groups excluding carboxylic acids is 4. The Morgan fingerprint density at radius 1 is 1.09 bits per heavy atom. The summed E-state index contributed by atoms with van der Waals surface area (Å²) in [6, 6.07) is 3.54. The van der Waals surface area contributed by atoms with E-state index in [0.29, 0.717) is 34.2 Å². The quantitative estimate of drug-likeness (QED) is 0.161. The highest BCUT2D eigenvalue weighted by Gasteiger charge is 2.61. The number of ether oxygens (including phenoxy) is 2. The van der Waals surface area contributed by atoms with E-state index in [-0.39, 0.29) is 31.4 Å². The van der Waals surface area contributed by atoms with Crippen LogP contribution in [-0.4, -0.2) is 86.1 Å². The number of amides is 4. The number of nitrogens with zero attached hydrogens (tertiary/aromatic N) is 3. The minimum atomic E-state index is -1.52. The number of pyridine rings is 1. The number of alkyl carbamates (subject to hydrolysis) is 1. The Hall–Kier alpha value is -5.05. The van der Waals surface area contributed by atoms with Gasteiger partial charge in [-0.1, -0.05) is 39.8 Å². The molecule has 14 nitrogen and oxygen atoms in total. The summed E-state index contributed by atoms with van der Waals surface area (Å²) >= 11 is 1.28. The van der Waals surface area contributed by atoms with E-state index in [1.807, 2.05) is 46.8 Å². The molecule has 294 valence electrons. The normalized spacial score (nSPS) is 22.9. The fourth-order valence-electron chi connectivity index (χ4n) is 7.53. The molecular formula is C40H50N6O8S. The lowest BCUT2D eigenvalue weighted by Gasteiger charge is -2.35. The van der Waals surface area contributed by atoms with Crippen LogP contribution in [0.4, 0.5) is 9.93 Å². The molecule has 5 unspecified atom stereocenters. The van der Waals surface area contributed by atoms with Crippen LogP contribution in [0.2, 0.25) is 0 Å². The predicted octanol–water partition coefficient (Wildman–Crippen LogP) is 5.90. The Bertz CT molecular complexity index is 2020. The lowest BCUT2D eigenvalue weighted by molar-refractivity contribution is -0.146. The number of rotatable bonds is 12. The average molecular weight is 775 g/mol. The summed E-state index contributed by atoms with van der Waals surface area (Å²) in [6.07, 6.45) is 3.85. The second-order valence-corrected chi connectivity index (χ2v) is 16.8. The first-order valence-electron chi connectivity index (χ1n) is 18.8. The molecule has 4 N–H and O–H groups in total. The van der Waals surface area contributed by atoms with Gasteiger partial charge in [-0.15, -0.1) is 17.9 Å². The van der Waals surface area contributed by atoms with Gasteiger partial charge < -0.3 is 35.4 Å². The van der Waals surface area contributed by atoms with Crippen LogP contribution in [0.1, 0.15) is 83.8 Å². The van der Waals surface area contributed by atoms with Crippen molar-refractivity contribution in [3.05, 3.63) is 47.4 Å². The summed E-state index contributed by atoms with van der Waals surface area (Å²) in [5.74, 6) is -2.50. The van der Waals surface area contributed by atoms with E-state index in [1.165, 1.54) is 22.3 Å². The SMILES string of the molecule is C=CC1CC1(NC(=O)C1CC(Oc2cc(-c3csc(NC(=O)CC)n3)nc3c(C)cc(C)cc23)CN1C(=O)C(NC(=O)OC1CCCC1)C(C)(C)C)C(=O)O. The van der Waals surface area contributed by atoms with Gasteiger partial charge in [0.1, 0.15) is 41.3 Å². The van der Waals surface area contributed by atoms with Crippen LogP contribution in [0.15, 0.2) is 36.2 Å². The molecule has 3 aromatic rings. The van der Waals surface area contributed by atoms with E-state index in [4.69, 9.17) is 14.5 Å². The Labute approximate surface area is 324 Å². The number of thiazole rings is 1. The third-order valence-electron chi connectivity index (χ3n) is 10.7. The van der Waals surface area contributed by atoms with Crippen molar-refractivity contribution in [1.82, 2.24) is 25.5 Å². The Kier molecular flexibility index (Phi) is 11.2. The van der Waals surface area contributed by atoms with Crippen LogP contribution >= 0.6 is 11.3 Å². The van der Waals surface area contributed by atoms with Crippen molar-refractivity contribution in [1.29, 1.82) is 0 Å². The molecule has 1 aliphatic heterocycles. The number of likely N-dealkylation sites (tertiary alicyclic amines) is 1. The number of benzene rings is 1. The van der Waals surface area contributed by atoms with Crippen molar-refractivity contribution < 1.29 is 38.6 Å². The summed E-state index contributed by atoms with van der Waals surface area (Å²) in [5, 5.41) is 21.3. The highest BCUT2D eigenvalue weighted by molar-refractivity contribution is 7.14. The number of aromatic nitrogens is 2. The molecule has 1 saturated heterocycles. The number of hydrogen-bond donors (Lipinski definition) is 4. The number of nitrogens with one attached hydrogen (secondary N) is 3. The van der Waals surface area contributed by atoms with Crippen LogP contribution in [0.25, 0.3) is 22.3 Å². The highest BCUT2D eigenvalue weighted by Crippen LogP contribution is 2.45. The van der Waals surface area contributed by atoms with Gasteiger partial charge in [0.2, 0.25) is 17.7 Å². The van der Waals surface area contributed by atoms with Crippen molar-refractivity contribution in [3.8, 4) is 17.1 Å². The number of aliphatic carboxylic acids is 1. The van der Waals surface area contributed by atoms with Gasteiger partial charge in [0, 0.05) is 35.6 Å². The maximum Gasteiger partial charge on any atom is 0.408 e. The number of carboxylic acids is 1. The summed E-state index contributed by atoms with van der Waals surface area (Å²) in [6.45, 7) is 14.8. The molecule has 3 fully saturated rings. The maximum absolute atomic E-state index is 14.6. The van der Waals surface area contributed by atoms with Crippen molar-refractivity contribution in [2.45, 2.75) is 116 Å². The van der Waals surface area contributed by atoms with E-state index in [9.17, 15) is 29.1 Å². The fourth-order valence-corrected chi connectivity index (χ4v) is 8.25. The molecule has 3 heterocycles. The molecule has 2 aromatic heterocycles. The molecule has 4 amide bonds. The fraction of sp³-hybridized carbons (Fsp3) is 0.525. The molecule has 1 aromatic carbocycles. The number of anilines is 1. The minimum absolute atomic E-state index is 0.0261. The maximum atomic E-state index is 14.6. The molecule has 2 saturated carbocycles. The number of carbonyl (C=O) groups is 5. The van der Waals surface area contributed by atoms with Gasteiger partial charge >= 0.3 is 12.1 Å². The first-order valence-corrected chi connectivity index (χ1v) is 19.7. The van der Waals surface area contributed by atoms with Gasteiger partial charge in [-0.25, -0.2) is 19.6 Å². The molecule has 55 heavy (non-hydrogen) atoms. The van der Waals surface area contributed by atoms with E-state index in [1.54, 1.807) is 18.4 Å². The molecule has 6 rings (SSSR count). The van der Waals surface area contributed by atoms with Crippen molar-refractivity contribution in [2.75, 3.05) is 11.9 Å². The largest absolute Gasteiger partial charge is 0.488 e. The van der Waals surface area contributed by atoms with Gasteiger partial charge in [0.05, 0.1) is 17.8 Å². The number of aryl methyl sites for hydroxylation is 2. The topological polar surface area (TPSA) is 189 Å². The van der Waals surface area contributed by atoms with Crippen LogP contribution < -0.4 is 20.7 Å². The second-order valence-electron chi connectivity index (χ2n) is 16.0. The van der Waals surface area contributed by atoms with Crippen LogP contribution in [0.5, 0.6) is 5.75 Å². The number of hydrogen-bond acceptors (Lipinski definition) is 10. The van der Waals surface area contributed by atoms with Gasteiger partial charge in [-0.2, -0.15) is 0 Å². The van der Waals surface area contributed by atoms with Gasteiger partial charge in [0.15, 0.2) is 5.13 Å². The lowest BCUT2D eigenvalue weighted by Crippen LogP contribution is -2.59. The zero-order valence-electron chi connectivity index (χ0n) is 32.2. The third kappa shape index (κ3) is 8.46. The molecule has 3 aliphatic rings. The van der Waals surface area contributed by atoms with Crippen molar-refractivity contribution >= 4 is 57.2 Å². The summed E-state index contributed by atoms with van der Waals surface area (Å²) in [4.78, 5) is 77.2. The number of carboxylic acid groups (broad SMARTS) is 1. The molecule has 0 radical (unpaired) electrons. The summed E-state index contributed by atoms with van der Waals surface area (Å²) in [7, 11) is 0. The molecular weight excluding hydrogens is 725 g/mol. The van der Waals surface area contributed by atoms with E-state index < -0.39 is 58.9 Å². The standard InChI is InChI=1S/C40H50N6O8S/c1-8-23-18-40(23,36(50)51)45-34(48)29-16-25(19-46(29)35(49)33(39(5,6)7)44-38(52)54-24-12-10-11-13-24)53-30-17-27(28-20-55-37(42-28)43-31(47)9-2)41-32-22(4)14-21(3)15-26(30)32/h8,14-15,17,20,23-25,29,33H,1,9-13,16,18-19H2,2-7H3,(H,44,52)(H,45,48)(H,50,51)(H,42,43,47). The van der Waals surface area contributed by atoms with E-state index >= 15 is 0 Å². The Morgan fingerprint density at radius 3 is 2.45 bits per heavy atom. The number of fused-ring (bicyclic) bond motifs is 1. The first-order chi connectivity index (χ1) is 26.0. The Balaban J connectivity index is 1.33. The summed E-state index contributed by atoms with van der Waals surface area (Å²) < 4.78 is 12.4. The van der Waals surface area contributed by atoms with E-state index in [2.05, 4.69) is 27.5 Å². The summed E-state index contributed by atoms with van der Waals surface area (Å²) in [5.41, 5.74) is 1.30. The molecule has 0 spiro atoms. The van der Waals surface area contributed by atoms with Crippen molar-refractivity contribution in [2.24, 2.45) is 11.3 Å². The monoisotopic (exact) mass is 774 g/mol. The van der Waals surface area contributed by atoms with Gasteiger partial charge in [-0.3, -0.25) is 14.4 Å². The second kappa shape index (κ2) is 15.6. The Morgan fingerprint density at radius 2 is 1.82 bits per heavy atom. The first kappa shape index (κ1) is 39.6. The van der Waals surface area contributed by atoms with Crippen LogP contribution in [0, 0.1) is 25.2 Å². The van der Waals surface area contributed by atoms with Crippen LogP contribution in [-0.2, 0) is 23.9 Å². The smallest absolute Gasteiger partial charge is 0.408 e. The molecule has 0 bridgehead atoms. The highest BCUT2D eigenvalue weighted by atomic mass is 32.1. The minimum Gasteiger partial charge on any atom is -0.488 e. The van der Waals surface area contributed by atoms with E-state index in [0.717, 1.165) is 42.2 Å². The third-order valence-corrected chi connectivity index (χ3v) is 11.4. The molecule has 15 heteroatoms. The molecule has 5 atom stereocenters. The average Bonchev–Trinajstić information content (AvgIpc) is 3.53. The van der Waals surface area contributed by atoms with Crippen LogP contribution in [0.3, 0.4) is 0 Å². The van der Waals surface area contributed by atoms with Gasteiger partial charge in [-0.05, 0) is 68.6 Å². The zero-order chi connectivity index (χ0) is 39.8. The lowest BCUT2D eigenvalue weighted by atomic mass is 9.85. The predicted molar refractivity (Wildman–Crippen MR) is 208 cm³/mol. The zero-order valence-corrected chi connectivity index (χ0v) is 33.0.